The van der Waals surface area contributed by atoms with Crippen LogP contribution in [0, 0.1) is 0 Å². The summed E-state index contributed by atoms with van der Waals surface area (Å²) in [4.78, 5) is 0. The number of thiophene rings is 1. The van der Waals surface area contributed by atoms with Crippen LogP contribution in [0.4, 0.5) is 0 Å². The summed E-state index contributed by atoms with van der Waals surface area (Å²) in [6.07, 6.45) is 0. The van der Waals surface area contributed by atoms with Gasteiger partial charge < -0.3 is 8.83 Å². The Kier molecular flexibility index (Phi) is 11.1. The monoisotopic (exact) mass is 1220 g/mol. The number of benzene rings is 18. The summed E-state index contributed by atoms with van der Waals surface area (Å²) in [5, 5.41) is 26.5. The van der Waals surface area contributed by atoms with Crippen LogP contribution in [0.5, 0.6) is 0 Å². The molecule has 0 bridgehead atoms. The van der Waals surface area contributed by atoms with Crippen molar-refractivity contribution < 1.29 is 8.83 Å². The van der Waals surface area contributed by atoms with Crippen molar-refractivity contribution in [3.8, 4) is 66.8 Å². The number of fused-ring (bicyclic) bond motifs is 20. The molecule has 0 saturated heterocycles. The molecule has 18 aromatic carbocycles. The smallest absolute Gasteiger partial charge is 0.143 e. The molecule has 3 aromatic heterocycles. The molecule has 0 unspecified atom stereocenters. The fourth-order valence-electron chi connectivity index (χ4n) is 16.3. The minimum Gasteiger partial charge on any atom is -0.455 e. The summed E-state index contributed by atoms with van der Waals surface area (Å²) in [6, 6.07) is 117. The second-order valence-corrected chi connectivity index (χ2v) is 26.7. The van der Waals surface area contributed by atoms with Crippen LogP contribution in [0.3, 0.4) is 0 Å². The zero-order valence-electron chi connectivity index (χ0n) is 51.2. The molecule has 0 aliphatic heterocycles. The van der Waals surface area contributed by atoms with Gasteiger partial charge in [0.25, 0.3) is 0 Å². The Morgan fingerprint density at radius 1 is 0.189 bits per heavy atom. The minimum absolute atomic E-state index is 0.877. The van der Waals surface area contributed by atoms with Crippen molar-refractivity contribution in [2.24, 2.45) is 0 Å². The first-order valence-corrected chi connectivity index (χ1v) is 33.5. The second kappa shape index (κ2) is 20.2. The fraction of sp³-hybridized carbons (Fsp3) is 0. The van der Waals surface area contributed by atoms with E-state index in [2.05, 4.69) is 315 Å². The average molecular weight is 1220 g/mol. The van der Waals surface area contributed by atoms with Gasteiger partial charge in [0.05, 0.1) is 0 Å². The molecule has 0 radical (unpaired) electrons. The lowest BCUT2D eigenvalue weighted by atomic mass is 9.85. The lowest BCUT2D eigenvalue weighted by molar-refractivity contribution is 0.672. The summed E-state index contributed by atoms with van der Waals surface area (Å²) < 4.78 is 16.2. The standard InChI is InChI=1S/C92H52O2S/c1-4-19-63-53(16-1)38-43-75-80-50-59(40-45-83(80)93-90(63)75)88-71-26-11-13-28-73(71)89(74-29-14-12-27-72(74)88)61-42-47-85-82(52-61)77-31-15-30-64(92(77)95-85)58-37-34-55-39-44-76-81-51-60(41-46-84(81)94-91(76)79(55)49-58)87-69-24-9-7-22-67(69)86(68-23-8-10-25-70(68)87)56-35-32-54(33-36-56)78-48-57-17-2-3-18-62(57)65-20-5-6-21-66(65)78/h1-52H. The highest BCUT2D eigenvalue weighted by Gasteiger charge is 2.23. The summed E-state index contributed by atoms with van der Waals surface area (Å²) >= 11 is 1.88. The number of hydrogen-bond donors (Lipinski definition) is 0. The van der Waals surface area contributed by atoms with Crippen LogP contribution in [0.15, 0.2) is 324 Å². The van der Waals surface area contributed by atoms with Gasteiger partial charge in [-0.1, -0.05) is 255 Å². The Morgan fingerprint density at radius 2 is 0.579 bits per heavy atom. The highest BCUT2D eigenvalue weighted by atomic mass is 32.1. The van der Waals surface area contributed by atoms with Crippen molar-refractivity contribution in [1.29, 1.82) is 0 Å². The maximum atomic E-state index is 7.01. The second-order valence-electron chi connectivity index (χ2n) is 25.6. The van der Waals surface area contributed by atoms with E-state index in [1.165, 1.54) is 151 Å². The van der Waals surface area contributed by atoms with Crippen LogP contribution in [0.25, 0.3) is 217 Å². The zero-order valence-corrected chi connectivity index (χ0v) is 52.1. The highest BCUT2D eigenvalue weighted by Crippen LogP contribution is 2.50. The molecule has 0 fully saturated rings. The lowest BCUT2D eigenvalue weighted by Crippen LogP contribution is -1.91. The molecule has 21 aromatic rings. The van der Waals surface area contributed by atoms with Crippen molar-refractivity contribution in [2.75, 3.05) is 0 Å². The topological polar surface area (TPSA) is 26.3 Å². The van der Waals surface area contributed by atoms with Crippen LogP contribution < -0.4 is 0 Å². The van der Waals surface area contributed by atoms with E-state index < -0.39 is 0 Å². The lowest BCUT2D eigenvalue weighted by Gasteiger charge is -2.18. The summed E-state index contributed by atoms with van der Waals surface area (Å²) in [6.45, 7) is 0. The normalized spacial score (nSPS) is 12.2. The molecule has 0 aliphatic carbocycles. The zero-order chi connectivity index (χ0) is 62.0. The third kappa shape index (κ3) is 7.79. The van der Waals surface area contributed by atoms with Gasteiger partial charge in [0, 0.05) is 52.5 Å². The molecule has 21 rings (SSSR count). The van der Waals surface area contributed by atoms with E-state index >= 15 is 0 Å². The van der Waals surface area contributed by atoms with Crippen molar-refractivity contribution in [3.05, 3.63) is 315 Å². The van der Waals surface area contributed by atoms with Gasteiger partial charge in [-0.25, -0.2) is 0 Å². The number of furan rings is 2. The number of rotatable bonds is 6. The molecule has 3 heterocycles. The third-order valence-electron chi connectivity index (χ3n) is 20.6. The van der Waals surface area contributed by atoms with Crippen LogP contribution in [0.2, 0.25) is 0 Å². The molecule has 0 saturated carbocycles. The van der Waals surface area contributed by atoms with Gasteiger partial charge in [-0.2, -0.15) is 0 Å². The van der Waals surface area contributed by atoms with E-state index in [0.717, 1.165) is 65.6 Å². The molecule has 95 heavy (non-hydrogen) atoms. The van der Waals surface area contributed by atoms with Crippen molar-refractivity contribution in [2.45, 2.75) is 0 Å². The fourth-order valence-corrected chi connectivity index (χ4v) is 17.5. The quantitative estimate of drug-likeness (QED) is 0.123. The van der Waals surface area contributed by atoms with E-state index in [9.17, 15) is 0 Å². The van der Waals surface area contributed by atoms with Gasteiger partial charge >= 0.3 is 0 Å². The van der Waals surface area contributed by atoms with E-state index in [0.29, 0.717) is 0 Å². The Balaban J connectivity index is 0.657. The summed E-state index contributed by atoms with van der Waals surface area (Å²) in [5.74, 6) is 0. The first kappa shape index (κ1) is 52.5. The van der Waals surface area contributed by atoms with E-state index in [1.807, 2.05) is 11.3 Å². The minimum atomic E-state index is 0.877. The van der Waals surface area contributed by atoms with Crippen molar-refractivity contribution in [1.82, 2.24) is 0 Å². The Hall–Kier alpha value is -12.1. The third-order valence-corrected chi connectivity index (χ3v) is 21.8. The van der Waals surface area contributed by atoms with Gasteiger partial charge in [-0.15, -0.1) is 11.3 Å². The predicted octanol–water partition coefficient (Wildman–Crippen LogP) is 27.1. The van der Waals surface area contributed by atoms with Gasteiger partial charge in [0.1, 0.15) is 22.3 Å². The largest absolute Gasteiger partial charge is 0.455 e. The average Bonchev–Trinajstić information content (AvgIpc) is 1.20. The molecule has 0 amide bonds. The van der Waals surface area contributed by atoms with Crippen LogP contribution >= 0.6 is 11.3 Å². The van der Waals surface area contributed by atoms with E-state index in [1.54, 1.807) is 0 Å². The van der Waals surface area contributed by atoms with Crippen LogP contribution in [-0.2, 0) is 0 Å². The molecular formula is C92H52O2S. The molecular weight excluding hydrogens is 1170 g/mol. The molecule has 0 aliphatic rings. The number of hydrogen-bond acceptors (Lipinski definition) is 3. The maximum Gasteiger partial charge on any atom is 0.143 e. The van der Waals surface area contributed by atoms with Crippen LogP contribution in [0.1, 0.15) is 0 Å². The molecule has 438 valence electrons. The Labute approximate surface area is 549 Å². The van der Waals surface area contributed by atoms with Gasteiger partial charge in [0.2, 0.25) is 0 Å². The molecule has 0 N–H and O–H groups in total. The Morgan fingerprint density at radius 3 is 1.15 bits per heavy atom. The van der Waals surface area contributed by atoms with E-state index in [-0.39, 0.29) is 0 Å². The first-order chi connectivity index (χ1) is 47.1. The first-order valence-electron chi connectivity index (χ1n) is 32.7. The molecule has 3 heteroatoms. The van der Waals surface area contributed by atoms with E-state index in [4.69, 9.17) is 8.83 Å². The molecule has 0 atom stereocenters. The van der Waals surface area contributed by atoms with Gasteiger partial charge in [0.15, 0.2) is 0 Å². The Bertz CT molecular complexity index is 6780. The van der Waals surface area contributed by atoms with Gasteiger partial charge in [-0.3, -0.25) is 0 Å². The van der Waals surface area contributed by atoms with Gasteiger partial charge in [-0.05, 0) is 203 Å². The maximum absolute atomic E-state index is 7.01. The summed E-state index contributed by atoms with van der Waals surface area (Å²) in [7, 11) is 0. The molecule has 2 nitrogen and oxygen atoms in total. The van der Waals surface area contributed by atoms with Crippen LogP contribution in [-0.4, -0.2) is 0 Å². The van der Waals surface area contributed by atoms with Crippen molar-refractivity contribution >= 4 is 162 Å². The van der Waals surface area contributed by atoms with Crippen molar-refractivity contribution in [3.63, 3.8) is 0 Å². The predicted molar refractivity (Wildman–Crippen MR) is 407 cm³/mol. The SMILES string of the molecule is c1ccc2c(c1)cc(-c1ccc(-c3c4ccccc4c(-c4ccc5oc6c7cc(-c8cccc9c8sc8ccc(-c%10c%11ccccc%11c(-c%11ccc%12oc%13c%14ccccc%14ccc%13c%12c%11)c%11ccccc%10%11)cc89)ccc7ccc6c5c4)c4ccccc34)cc1)c1ccccc12. The summed E-state index contributed by atoms with van der Waals surface area (Å²) in [5.41, 5.74) is 18.2. The molecule has 0 spiro atoms. The highest BCUT2D eigenvalue weighted by molar-refractivity contribution is 7.26.